The molecule has 3 N–H and O–H groups in total. The van der Waals surface area contributed by atoms with Crippen LogP contribution in [0.5, 0.6) is 0 Å². The van der Waals surface area contributed by atoms with Crippen molar-refractivity contribution in [3.63, 3.8) is 0 Å². The standard InChI is InChI=1S/C18H27N7O.HI/c1-3-19-18(20-10-5-13-25-14-6-11-22-25)21-12-9-17(26)24-16-8-4-7-15(2)23-16;/h4,6-8,11,14H,3,5,9-10,12-13H2,1-2H3,(H2,19,20,21)(H,23,24,26);1H. The number of carbonyl (C=O) groups is 1. The molecule has 0 radical (unpaired) electrons. The number of hydrogen-bond donors (Lipinski definition) is 3. The minimum Gasteiger partial charge on any atom is -0.357 e. The largest absolute Gasteiger partial charge is 0.357 e. The molecule has 0 unspecified atom stereocenters. The fraction of sp³-hybridized carbons (Fsp3) is 0.444. The number of nitrogens with one attached hydrogen (secondary N) is 3. The zero-order valence-corrected chi connectivity index (χ0v) is 18.1. The van der Waals surface area contributed by atoms with Gasteiger partial charge in [-0.1, -0.05) is 6.07 Å². The average molecular weight is 485 g/mol. The third-order valence-electron chi connectivity index (χ3n) is 3.52. The van der Waals surface area contributed by atoms with Gasteiger partial charge in [-0.3, -0.25) is 14.5 Å². The van der Waals surface area contributed by atoms with Crippen molar-refractivity contribution in [1.82, 2.24) is 25.4 Å². The SMILES string of the molecule is CCNC(=NCCCn1cccn1)NCCC(=O)Nc1cccc(C)n1.I. The Morgan fingerprint density at radius 3 is 2.81 bits per heavy atom. The summed E-state index contributed by atoms with van der Waals surface area (Å²) in [5.41, 5.74) is 0.873. The fourth-order valence-electron chi connectivity index (χ4n) is 2.31. The van der Waals surface area contributed by atoms with Gasteiger partial charge in [0.1, 0.15) is 5.82 Å². The minimum atomic E-state index is -0.0786. The van der Waals surface area contributed by atoms with E-state index in [1.165, 1.54) is 0 Å². The van der Waals surface area contributed by atoms with Crippen LogP contribution in [0, 0.1) is 6.92 Å². The molecule has 0 aromatic carbocycles. The Bertz CT molecular complexity index is 703. The highest BCUT2D eigenvalue weighted by molar-refractivity contribution is 14.0. The van der Waals surface area contributed by atoms with Crippen molar-refractivity contribution < 1.29 is 4.79 Å². The summed E-state index contributed by atoms with van der Waals surface area (Å²) in [6, 6.07) is 7.45. The molecule has 0 atom stereocenters. The van der Waals surface area contributed by atoms with Crippen LogP contribution in [0.15, 0.2) is 41.7 Å². The van der Waals surface area contributed by atoms with Crippen molar-refractivity contribution >= 4 is 41.7 Å². The van der Waals surface area contributed by atoms with E-state index < -0.39 is 0 Å². The average Bonchev–Trinajstić information content (AvgIpc) is 3.12. The third-order valence-corrected chi connectivity index (χ3v) is 3.52. The van der Waals surface area contributed by atoms with E-state index in [-0.39, 0.29) is 29.9 Å². The molecule has 0 aliphatic carbocycles. The van der Waals surface area contributed by atoms with Gasteiger partial charge in [0.25, 0.3) is 0 Å². The van der Waals surface area contributed by atoms with Crippen LogP contribution in [0.25, 0.3) is 0 Å². The van der Waals surface area contributed by atoms with Crippen LogP contribution in [-0.4, -0.2) is 46.3 Å². The minimum absolute atomic E-state index is 0. The number of nitrogens with zero attached hydrogens (tertiary/aromatic N) is 4. The molecule has 0 aliphatic rings. The number of carbonyl (C=O) groups excluding carboxylic acids is 1. The molecule has 148 valence electrons. The summed E-state index contributed by atoms with van der Waals surface area (Å²) < 4.78 is 1.89. The first-order valence-electron chi connectivity index (χ1n) is 8.90. The van der Waals surface area contributed by atoms with E-state index >= 15 is 0 Å². The van der Waals surface area contributed by atoms with Crippen molar-refractivity contribution in [1.29, 1.82) is 0 Å². The smallest absolute Gasteiger partial charge is 0.227 e. The van der Waals surface area contributed by atoms with E-state index in [0.29, 0.717) is 25.3 Å². The van der Waals surface area contributed by atoms with Gasteiger partial charge in [0.15, 0.2) is 5.96 Å². The molecule has 0 fully saturated rings. The highest BCUT2D eigenvalue weighted by atomic mass is 127. The van der Waals surface area contributed by atoms with Gasteiger partial charge in [-0.15, -0.1) is 24.0 Å². The number of aryl methyl sites for hydroxylation is 2. The maximum atomic E-state index is 12.0. The number of guanidine groups is 1. The van der Waals surface area contributed by atoms with Gasteiger partial charge in [-0.05, 0) is 38.5 Å². The zero-order chi connectivity index (χ0) is 18.6. The molecule has 0 spiro atoms. The third kappa shape index (κ3) is 9.36. The van der Waals surface area contributed by atoms with Crippen LogP contribution < -0.4 is 16.0 Å². The van der Waals surface area contributed by atoms with Crippen LogP contribution in [0.3, 0.4) is 0 Å². The molecular formula is C18H28IN7O. The van der Waals surface area contributed by atoms with Crippen LogP contribution in [0.4, 0.5) is 5.82 Å². The molecule has 2 heterocycles. The van der Waals surface area contributed by atoms with Crippen molar-refractivity contribution in [3.05, 3.63) is 42.4 Å². The first-order valence-corrected chi connectivity index (χ1v) is 8.90. The summed E-state index contributed by atoms with van der Waals surface area (Å²) in [6.45, 7) is 6.70. The second-order valence-electron chi connectivity index (χ2n) is 5.77. The Morgan fingerprint density at radius 1 is 1.26 bits per heavy atom. The molecule has 0 aliphatic heterocycles. The predicted octanol–water partition coefficient (Wildman–Crippen LogP) is 2.18. The number of pyridine rings is 1. The van der Waals surface area contributed by atoms with Gasteiger partial charge in [0.2, 0.25) is 5.91 Å². The Labute approximate surface area is 177 Å². The second kappa shape index (κ2) is 13.1. The Morgan fingerprint density at radius 2 is 2.11 bits per heavy atom. The summed E-state index contributed by atoms with van der Waals surface area (Å²) in [7, 11) is 0. The lowest BCUT2D eigenvalue weighted by molar-refractivity contribution is -0.116. The molecule has 2 aromatic heterocycles. The van der Waals surface area contributed by atoms with Crippen molar-refractivity contribution in [3.8, 4) is 0 Å². The molecule has 2 aromatic rings. The number of rotatable bonds is 9. The van der Waals surface area contributed by atoms with E-state index in [9.17, 15) is 4.79 Å². The van der Waals surface area contributed by atoms with Crippen LogP contribution in [0.2, 0.25) is 0 Å². The molecule has 0 saturated carbocycles. The highest BCUT2D eigenvalue weighted by Gasteiger charge is 2.04. The topological polar surface area (TPSA) is 96.2 Å². The number of aliphatic imine (C=N–C) groups is 1. The van der Waals surface area contributed by atoms with E-state index in [2.05, 4.69) is 31.0 Å². The van der Waals surface area contributed by atoms with Gasteiger partial charge < -0.3 is 16.0 Å². The molecule has 9 heteroatoms. The normalized spacial score (nSPS) is 10.8. The Kier molecular flexibility index (Phi) is 11.1. The fourth-order valence-corrected chi connectivity index (χ4v) is 2.31. The van der Waals surface area contributed by atoms with Crippen molar-refractivity contribution in [2.75, 3.05) is 25.0 Å². The van der Waals surface area contributed by atoms with Crippen LogP contribution in [-0.2, 0) is 11.3 Å². The number of halogens is 1. The summed E-state index contributed by atoms with van der Waals surface area (Å²) in [6.07, 6.45) is 4.95. The zero-order valence-electron chi connectivity index (χ0n) is 15.8. The lowest BCUT2D eigenvalue weighted by Crippen LogP contribution is -2.38. The molecule has 8 nitrogen and oxygen atoms in total. The summed E-state index contributed by atoms with van der Waals surface area (Å²) in [5, 5.41) is 13.3. The van der Waals surface area contributed by atoms with Gasteiger partial charge in [-0.2, -0.15) is 5.10 Å². The van der Waals surface area contributed by atoms with Crippen molar-refractivity contribution in [2.45, 2.75) is 33.2 Å². The summed E-state index contributed by atoms with van der Waals surface area (Å²) in [4.78, 5) is 20.8. The van der Waals surface area contributed by atoms with Gasteiger partial charge in [-0.25, -0.2) is 4.98 Å². The van der Waals surface area contributed by atoms with Gasteiger partial charge in [0, 0.05) is 50.7 Å². The number of anilines is 1. The summed E-state index contributed by atoms with van der Waals surface area (Å²) in [5.74, 6) is 1.22. The summed E-state index contributed by atoms with van der Waals surface area (Å²) >= 11 is 0. The van der Waals surface area contributed by atoms with E-state index in [1.54, 1.807) is 12.3 Å². The first kappa shape index (κ1) is 22.9. The Hall–Kier alpha value is -2.17. The van der Waals surface area contributed by atoms with E-state index in [4.69, 9.17) is 0 Å². The van der Waals surface area contributed by atoms with E-state index in [0.717, 1.165) is 31.2 Å². The quantitative estimate of drug-likeness (QED) is 0.219. The second-order valence-corrected chi connectivity index (χ2v) is 5.77. The van der Waals surface area contributed by atoms with Crippen molar-refractivity contribution in [2.24, 2.45) is 4.99 Å². The molecule has 1 amide bonds. The molecule has 2 rings (SSSR count). The lowest BCUT2D eigenvalue weighted by atomic mass is 10.3. The number of hydrogen-bond acceptors (Lipinski definition) is 4. The molecular weight excluding hydrogens is 457 g/mol. The van der Waals surface area contributed by atoms with Gasteiger partial charge in [0.05, 0.1) is 0 Å². The molecule has 0 bridgehead atoms. The first-order chi connectivity index (χ1) is 12.7. The van der Waals surface area contributed by atoms with Crippen LogP contribution >= 0.6 is 24.0 Å². The number of aromatic nitrogens is 3. The highest BCUT2D eigenvalue weighted by Crippen LogP contribution is 2.03. The number of amides is 1. The Balaban J connectivity index is 0.00000364. The lowest BCUT2D eigenvalue weighted by Gasteiger charge is -2.11. The van der Waals surface area contributed by atoms with E-state index in [1.807, 2.05) is 42.9 Å². The van der Waals surface area contributed by atoms with Crippen LogP contribution in [0.1, 0.15) is 25.5 Å². The maximum Gasteiger partial charge on any atom is 0.227 e. The molecule has 27 heavy (non-hydrogen) atoms. The predicted molar refractivity (Wildman–Crippen MR) is 118 cm³/mol. The maximum absolute atomic E-state index is 12.0. The molecule has 0 saturated heterocycles. The van der Waals surface area contributed by atoms with Gasteiger partial charge >= 0.3 is 0 Å². The monoisotopic (exact) mass is 485 g/mol.